The van der Waals surface area contributed by atoms with Gasteiger partial charge in [0, 0.05) is 22.8 Å². The number of carbonyl (C=O) groups excluding carboxylic acids is 1. The van der Waals surface area contributed by atoms with E-state index >= 15 is 0 Å². The number of fused-ring (bicyclic) bond motifs is 1. The van der Waals surface area contributed by atoms with E-state index in [1.54, 1.807) is 30.5 Å². The van der Waals surface area contributed by atoms with Crippen molar-refractivity contribution in [1.82, 2.24) is 4.98 Å². The second kappa shape index (κ2) is 5.25. The van der Waals surface area contributed by atoms with Crippen LogP contribution < -0.4 is 11.1 Å². The molecule has 21 heavy (non-hydrogen) atoms. The maximum absolute atomic E-state index is 12.3. The number of rotatable bonds is 2. The third kappa shape index (κ3) is 2.56. The highest BCUT2D eigenvalue weighted by atomic mass is 16.1. The van der Waals surface area contributed by atoms with Gasteiger partial charge in [-0.3, -0.25) is 9.78 Å². The molecule has 2 aromatic carbocycles. The van der Waals surface area contributed by atoms with Gasteiger partial charge in [0.05, 0.1) is 11.2 Å². The number of nitrogens with one attached hydrogen (secondary N) is 1. The minimum atomic E-state index is -0.163. The number of hydrogen-bond acceptors (Lipinski definition) is 3. The van der Waals surface area contributed by atoms with Crippen molar-refractivity contribution in [2.24, 2.45) is 0 Å². The zero-order valence-corrected chi connectivity index (χ0v) is 11.6. The van der Waals surface area contributed by atoms with Gasteiger partial charge in [-0.2, -0.15) is 0 Å². The molecule has 1 heterocycles. The lowest BCUT2D eigenvalue weighted by atomic mass is 10.1. The van der Waals surface area contributed by atoms with Crippen LogP contribution in [0.25, 0.3) is 10.9 Å². The number of carbonyl (C=O) groups is 1. The number of aromatic nitrogens is 1. The Hall–Kier alpha value is -2.88. The van der Waals surface area contributed by atoms with E-state index in [1.807, 2.05) is 31.2 Å². The SMILES string of the molecule is Cc1ccc(NC(=O)c2ccc(N)cc2)c2cccnc12. The van der Waals surface area contributed by atoms with Crippen LogP contribution in [0.4, 0.5) is 11.4 Å². The molecule has 0 aliphatic heterocycles. The van der Waals surface area contributed by atoms with Gasteiger partial charge in [-0.25, -0.2) is 0 Å². The second-order valence-corrected chi connectivity index (χ2v) is 4.91. The quantitative estimate of drug-likeness (QED) is 0.706. The second-order valence-electron chi connectivity index (χ2n) is 4.91. The maximum Gasteiger partial charge on any atom is 0.255 e. The molecule has 3 rings (SSSR count). The molecule has 4 nitrogen and oxygen atoms in total. The molecular weight excluding hydrogens is 262 g/mol. The molecule has 4 heteroatoms. The average molecular weight is 277 g/mol. The summed E-state index contributed by atoms with van der Waals surface area (Å²) in [5, 5.41) is 3.86. The smallest absolute Gasteiger partial charge is 0.255 e. The fourth-order valence-corrected chi connectivity index (χ4v) is 2.25. The van der Waals surface area contributed by atoms with Crippen molar-refractivity contribution in [3.05, 3.63) is 65.9 Å². The van der Waals surface area contributed by atoms with Crippen molar-refractivity contribution in [3.63, 3.8) is 0 Å². The number of nitrogen functional groups attached to an aromatic ring is 1. The third-order valence-corrected chi connectivity index (χ3v) is 3.39. The lowest BCUT2D eigenvalue weighted by Crippen LogP contribution is -2.12. The van der Waals surface area contributed by atoms with Gasteiger partial charge in [-0.1, -0.05) is 6.07 Å². The summed E-state index contributed by atoms with van der Waals surface area (Å²) < 4.78 is 0. The Kier molecular flexibility index (Phi) is 3.28. The van der Waals surface area contributed by atoms with Gasteiger partial charge in [0.1, 0.15) is 0 Å². The van der Waals surface area contributed by atoms with Crippen LogP contribution >= 0.6 is 0 Å². The zero-order chi connectivity index (χ0) is 14.8. The normalized spacial score (nSPS) is 10.5. The molecule has 0 unspecified atom stereocenters. The number of benzene rings is 2. The topological polar surface area (TPSA) is 68.0 Å². The van der Waals surface area contributed by atoms with Crippen LogP contribution in [0.15, 0.2) is 54.7 Å². The third-order valence-electron chi connectivity index (χ3n) is 3.39. The van der Waals surface area contributed by atoms with Crippen LogP contribution in [-0.2, 0) is 0 Å². The number of pyridine rings is 1. The van der Waals surface area contributed by atoms with E-state index in [1.165, 1.54) is 0 Å². The molecule has 1 aromatic heterocycles. The first kappa shape index (κ1) is 13.1. The molecule has 0 aliphatic rings. The number of nitrogens with zero attached hydrogens (tertiary/aromatic N) is 1. The van der Waals surface area contributed by atoms with E-state index in [-0.39, 0.29) is 5.91 Å². The summed E-state index contributed by atoms with van der Waals surface area (Å²) >= 11 is 0. The van der Waals surface area contributed by atoms with E-state index in [9.17, 15) is 4.79 Å². The van der Waals surface area contributed by atoms with Gasteiger partial charge >= 0.3 is 0 Å². The Morgan fingerprint density at radius 2 is 1.86 bits per heavy atom. The van der Waals surface area contributed by atoms with Gasteiger partial charge in [-0.05, 0) is 55.0 Å². The molecule has 104 valence electrons. The molecular formula is C17H15N3O. The van der Waals surface area contributed by atoms with Crippen molar-refractivity contribution in [3.8, 4) is 0 Å². The Balaban J connectivity index is 1.97. The monoisotopic (exact) mass is 277 g/mol. The molecule has 0 saturated carbocycles. The van der Waals surface area contributed by atoms with Crippen LogP contribution in [0.3, 0.4) is 0 Å². The predicted octanol–water partition coefficient (Wildman–Crippen LogP) is 3.38. The van der Waals surface area contributed by atoms with Crippen LogP contribution in [0.5, 0.6) is 0 Å². The molecule has 3 aromatic rings. The van der Waals surface area contributed by atoms with E-state index < -0.39 is 0 Å². The van der Waals surface area contributed by atoms with Crippen molar-refractivity contribution in [1.29, 1.82) is 0 Å². The maximum atomic E-state index is 12.3. The van der Waals surface area contributed by atoms with Crippen molar-refractivity contribution in [2.45, 2.75) is 6.92 Å². The van der Waals surface area contributed by atoms with Gasteiger partial charge in [0.2, 0.25) is 0 Å². The van der Waals surface area contributed by atoms with Crippen LogP contribution in [0.1, 0.15) is 15.9 Å². The lowest BCUT2D eigenvalue weighted by molar-refractivity contribution is 0.102. The number of amides is 1. The Labute approximate surface area is 122 Å². The van der Waals surface area contributed by atoms with Crippen LogP contribution in [0.2, 0.25) is 0 Å². The number of nitrogens with two attached hydrogens (primary N) is 1. The summed E-state index contributed by atoms with van der Waals surface area (Å²) in [7, 11) is 0. The van der Waals surface area contributed by atoms with Gasteiger partial charge in [-0.15, -0.1) is 0 Å². The fourth-order valence-electron chi connectivity index (χ4n) is 2.25. The molecule has 0 saturated heterocycles. The van der Waals surface area contributed by atoms with Gasteiger partial charge in [0.25, 0.3) is 5.91 Å². The number of anilines is 2. The van der Waals surface area contributed by atoms with Crippen molar-refractivity contribution in [2.75, 3.05) is 11.1 Å². The summed E-state index contributed by atoms with van der Waals surface area (Å²) in [5.41, 5.74) is 9.57. The summed E-state index contributed by atoms with van der Waals surface area (Å²) in [4.78, 5) is 16.6. The molecule has 0 bridgehead atoms. The highest BCUT2D eigenvalue weighted by Crippen LogP contribution is 2.25. The highest BCUT2D eigenvalue weighted by molar-refractivity contribution is 6.09. The van der Waals surface area contributed by atoms with Gasteiger partial charge in [0.15, 0.2) is 0 Å². The van der Waals surface area contributed by atoms with Crippen LogP contribution in [-0.4, -0.2) is 10.9 Å². The minimum Gasteiger partial charge on any atom is -0.399 e. The van der Waals surface area contributed by atoms with Crippen molar-refractivity contribution >= 4 is 28.2 Å². The van der Waals surface area contributed by atoms with E-state index in [2.05, 4.69) is 10.3 Å². The van der Waals surface area contributed by atoms with Crippen LogP contribution in [0, 0.1) is 6.92 Å². The van der Waals surface area contributed by atoms with Gasteiger partial charge < -0.3 is 11.1 Å². The number of aryl methyl sites for hydroxylation is 1. The van der Waals surface area contributed by atoms with E-state index in [0.717, 1.165) is 22.2 Å². The molecule has 0 fully saturated rings. The summed E-state index contributed by atoms with van der Waals surface area (Å²) in [6.45, 7) is 2.00. The first-order valence-corrected chi connectivity index (χ1v) is 6.66. The van der Waals surface area contributed by atoms with Crippen molar-refractivity contribution < 1.29 is 4.79 Å². The van der Waals surface area contributed by atoms with E-state index in [4.69, 9.17) is 5.73 Å². The highest BCUT2D eigenvalue weighted by Gasteiger charge is 2.09. The minimum absolute atomic E-state index is 0.163. The summed E-state index contributed by atoms with van der Waals surface area (Å²) in [5.74, 6) is -0.163. The molecule has 0 atom stereocenters. The lowest BCUT2D eigenvalue weighted by Gasteiger charge is -2.10. The zero-order valence-electron chi connectivity index (χ0n) is 11.6. The largest absolute Gasteiger partial charge is 0.399 e. The molecule has 3 N–H and O–H groups in total. The summed E-state index contributed by atoms with van der Waals surface area (Å²) in [6, 6.07) is 14.5. The molecule has 0 aliphatic carbocycles. The standard InChI is InChI=1S/C17H15N3O/c1-11-4-9-15(14-3-2-10-19-16(11)14)20-17(21)12-5-7-13(18)8-6-12/h2-10H,18H2,1H3,(H,20,21). The fraction of sp³-hybridized carbons (Fsp3) is 0.0588. The Morgan fingerprint density at radius 1 is 1.10 bits per heavy atom. The average Bonchev–Trinajstić information content (AvgIpc) is 2.51. The molecule has 0 radical (unpaired) electrons. The number of hydrogen-bond donors (Lipinski definition) is 2. The van der Waals surface area contributed by atoms with E-state index in [0.29, 0.717) is 11.3 Å². The Morgan fingerprint density at radius 3 is 2.62 bits per heavy atom. The first-order chi connectivity index (χ1) is 10.1. The first-order valence-electron chi connectivity index (χ1n) is 6.66. The Bertz CT molecular complexity index is 810. The predicted molar refractivity (Wildman–Crippen MR) is 85.3 cm³/mol. The molecule has 1 amide bonds. The summed E-state index contributed by atoms with van der Waals surface area (Å²) in [6.07, 6.45) is 1.75. The molecule has 0 spiro atoms.